The van der Waals surface area contributed by atoms with E-state index >= 15 is 0 Å². The van der Waals surface area contributed by atoms with Crippen LogP contribution < -0.4 is 14.8 Å². The van der Waals surface area contributed by atoms with Crippen molar-refractivity contribution >= 4 is 17.7 Å². The molecule has 0 radical (unpaired) electrons. The van der Waals surface area contributed by atoms with E-state index in [9.17, 15) is 19.5 Å². The highest BCUT2D eigenvalue weighted by molar-refractivity contribution is 6.06. The number of amides is 3. The van der Waals surface area contributed by atoms with Crippen LogP contribution in [0, 0.1) is 0 Å². The van der Waals surface area contributed by atoms with Crippen molar-refractivity contribution in [1.82, 2.24) is 10.2 Å². The molecular formula is C21H20N2O6. The fourth-order valence-corrected chi connectivity index (χ4v) is 3.69. The van der Waals surface area contributed by atoms with E-state index in [1.54, 1.807) is 25.3 Å². The van der Waals surface area contributed by atoms with Gasteiger partial charge in [0.1, 0.15) is 24.1 Å². The van der Waals surface area contributed by atoms with Gasteiger partial charge in [0.05, 0.1) is 12.7 Å². The topological polar surface area (TPSA) is 105 Å². The molecule has 3 amide bonds. The average molecular weight is 396 g/mol. The van der Waals surface area contributed by atoms with Crippen molar-refractivity contribution in [2.45, 2.75) is 31.7 Å². The Labute approximate surface area is 167 Å². The normalized spacial score (nSPS) is 21.0. The van der Waals surface area contributed by atoms with Crippen molar-refractivity contribution in [1.29, 1.82) is 0 Å². The van der Waals surface area contributed by atoms with Crippen LogP contribution in [0.3, 0.4) is 0 Å². The molecule has 4 rings (SSSR count). The van der Waals surface area contributed by atoms with Gasteiger partial charge in [0.2, 0.25) is 11.8 Å². The van der Waals surface area contributed by atoms with Gasteiger partial charge >= 0.3 is 0 Å². The summed E-state index contributed by atoms with van der Waals surface area (Å²) < 4.78 is 11.1. The number of aliphatic hydroxyl groups excluding tert-OH is 1. The lowest BCUT2D eigenvalue weighted by molar-refractivity contribution is -0.139. The van der Waals surface area contributed by atoms with Crippen molar-refractivity contribution in [3.63, 3.8) is 0 Å². The van der Waals surface area contributed by atoms with Gasteiger partial charge in [-0.2, -0.15) is 0 Å². The highest BCUT2D eigenvalue weighted by Gasteiger charge is 2.45. The molecule has 2 aromatic carbocycles. The molecule has 2 unspecified atom stereocenters. The second-order valence-corrected chi connectivity index (χ2v) is 6.91. The molecule has 1 fully saturated rings. The lowest BCUT2D eigenvalue weighted by Crippen LogP contribution is -2.53. The second-order valence-electron chi connectivity index (χ2n) is 6.91. The quantitative estimate of drug-likeness (QED) is 0.743. The van der Waals surface area contributed by atoms with Crippen LogP contribution in [0.15, 0.2) is 42.5 Å². The zero-order chi connectivity index (χ0) is 20.5. The fourth-order valence-electron chi connectivity index (χ4n) is 3.69. The number of hydrogen-bond donors (Lipinski definition) is 2. The molecule has 8 nitrogen and oxygen atoms in total. The minimum atomic E-state index is -1.28. The average Bonchev–Trinajstić information content (AvgIpc) is 2.98. The van der Waals surface area contributed by atoms with Crippen LogP contribution in [-0.2, 0) is 16.2 Å². The molecule has 1 saturated heterocycles. The van der Waals surface area contributed by atoms with Crippen molar-refractivity contribution in [3.05, 3.63) is 59.2 Å². The maximum absolute atomic E-state index is 13.1. The maximum atomic E-state index is 13.1. The minimum absolute atomic E-state index is 0.114. The molecule has 0 aromatic heterocycles. The van der Waals surface area contributed by atoms with Crippen LogP contribution in [0.5, 0.6) is 11.5 Å². The van der Waals surface area contributed by atoms with Gasteiger partial charge in [-0.15, -0.1) is 0 Å². The molecule has 2 aliphatic rings. The van der Waals surface area contributed by atoms with Crippen LogP contribution in [0.4, 0.5) is 0 Å². The van der Waals surface area contributed by atoms with E-state index in [-0.39, 0.29) is 30.9 Å². The molecule has 8 heteroatoms. The zero-order valence-electron chi connectivity index (χ0n) is 15.8. The SMILES string of the molecule is COc1cccc(COc2cccc3c2C(=O)N(C2CCC(=O)NC2=O)C3O)c1. The molecule has 2 N–H and O–H groups in total. The van der Waals surface area contributed by atoms with Crippen molar-refractivity contribution < 1.29 is 29.0 Å². The van der Waals surface area contributed by atoms with E-state index < -0.39 is 24.1 Å². The highest BCUT2D eigenvalue weighted by atomic mass is 16.5. The van der Waals surface area contributed by atoms with E-state index in [1.165, 1.54) is 0 Å². The van der Waals surface area contributed by atoms with Gasteiger partial charge < -0.3 is 14.6 Å². The van der Waals surface area contributed by atoms with Crippen LogP contribution in [0.25, 0.3) is 0 Å². The predicted octanol–water partition coefficient (Wildman–Crippen LogP) is 1.53. The largest absolute Gasteiger partial charge is 0.497 e. The number of benzene rings is 2. The van der Waals surface area contributed by atoms with Crippen molar-refractivity contribution in [2.75, 3.05) is 7.11 Å². The molecule has 0 bridgehead atoms. The van der Waals surface area contributed by atoms with E-state index in [0.29, 0.717) is 17.1 Å². The number of rotatable bonds is 5. The molecule has 0 saturated carbocycles. The summed E-state index contributed by atoms with van der Waals surface area (Å²) in [7, 11) is 1.58. The van der Waals surface area contributed by atoms with Gasteiger partial charge in [0.15, 0.2) is 6.23 Å². The summed E-state index contributed by atoms with van der Waals surface area (Å²) in [6, 6.07) is 11.4. The smallest absolute Gasteiger partial charge is 0.261 e. The van der Waals surface area contributed by atoms with E-state index in [0.717, 1.165) is 10.5 Å². The van der Waals surface area contributed by atoms with Gasteiger partial charge in [0.25, 0.3) is 5.91 Å². The predicted molar refractivity (Wildman–Crippen MR) is 101 cm³/mol. The molecule has 2 heterocycles. The number of nitrogens with one attached hydrogen (secondary N) is 1. The van der Waals surface area contributed by atoms with E-state index in [4.69, 9.17) is 9.47 Å². The summed E-state index contributed by atoms with van der Waals surface area (Å²) in [6.07, 6.45) is -0.994. The molecule has 2 atom stereocenters. The van der Waals surface area contributed by atoms with Crippen LogP contribution in [0.1, 0.15) is 40.6 Å². The highest BCUT2D eigenvalue weighted by Crippen LogP contribution is 2.39. The number of methoxy groups -OCH3 is 1. The summed E-state index contributed by atoms with van der Waals surface area (Å²) in [5.41, 5.74) is 1.46. The third-order valence-corrected chi connectivity index (χ3v) is 5.12. The molecule has 2 aliphatic heterocycles. The second kappa shape index (κ2) is 7.56. The summed E-state index contributed by atoms with van der Waals surface area (Å²) in [6.45, 7) is 0.204. The maximum Gasteiger partial charge on any atom is 0.261 e. The number of aliphatic hydroxyl groups is 1. The number of carbonyl (C=O) groups is 3. The van der Waals surface area contributed by atoms with E-state index in [2.05, 4.69) is 5.32 Å². The Morgan fingerprint density at radius 1 is 1.17 bits per heavy atom. The Morgan fingerprint density at radius 2 is 1.97 bits per heavy atom. The van der Waals surface area contributed by atoms with Gasteiger partial charge in [0, 0.05) is 12.0 Å². The summed E-state index contributed by atoms with van der Waals surface area (Å²) in [5, 5.41) is 12.9. The molecule has 2 aromatic rings. The van der Waals surface area contributed by atoms with Crippen LogP contribution >= 0.6 is 0 Å². The van der Waals surface area contributed by atoms with Gasteiger partial charge in [-0.05, 0) is 30.2 Å². The third kappa shape index (κ3) is 3.42. The van der Waals surface area contributed by atoms with Gasteiger partial charge in [-0.25, -0.2) is 0 Å². The van der Waals surface area contributed by atoms with Crippen LogP contribution in [0.2, 0.25) is 0 Å². The lowest BCUT2D eigenvalue weighted by Gasteiger charge is -2.31. The summed E-state index contributed by atoms with van der Waals surface area (Å²) >= 11 is 0. The number of piperidine rings is 1. The Kier molecular flexibility index (Phi) is 4.94. The standard InChI is InChI=1S/C21H20N2O6/c1-28-13-5-2-4-12(10-13)11-29-16-7-3-6-14-18(16)21(27)23(20(14)26)15-8-9-17(24)22-19(15)25/h2-7,10,15,20,26H,8-9,11H2,1H3,(H,22,24,25). The lowest BCUT2D eigenvalue weighted by atomic mass is 10.0. The van der Waals surface area contributed by atoms with Crippen molar-refractivity contribution in [3.8, 4) is 11.5 Å². The number of hydrogen-bond acceptors (Lipinski definition) is 6. The Balaban J connectivity index is 1.58. The first-order valence-electron chi connectivity index (χ1n) is 9.22. The Hall–Kier alpha value is -3.39. The van der Waals surface area contributed by atoms with Crippen molar-refractivity contribution in [2.24, 2.45) is 0 Å². The van der Waals surface area contributed by atoms with Gasteiger partial charge in [-0.3, -0.25) is 24.6 Å². The first-order valence-corrected chi connectivity index (χ1v) is 9.22. The summed E-state index contributed by atoms with van der Waals surface area (Å²) in [5.74, 6) is -0.445. The number of fused-ring (bicyclic) bond motifs is 1. The molecular weight excluding hydrogens is 376 g/mol. The molecule has 150 valence electrons. The number of ether oxygens (including phenoxy) is 2. The first-order chi connectivity index (χ1) is 14.0. The van der Waals surface area contributed by atoms with Crippen LogP contribution in [-0.4, -0.2) is 40.9 Å². The Morgan fingerprint density at radius 3 is 2.72 bits per heavy atom. The number of nitrogens with zero attached hydrogens (tertiary/aromatic N) is 1. The monoisotopic (exact) mass is 396 g/mol. The minimum Gasteiger partial charge on any atom is -0.497 e. The van der Waals surface area contributed by atoms with Gasteiger partial charge in [-0.1, -0.05) is 24.3 Å². The first kappa shape index (κ1) is 18.9. The summed E-state index contributed by atoms with van der Waals surface area (Å²) in [4.78, 5) is 37.8. The molecule has 0 aliphatic carbocycles. The molecule has 0 spiro atoms. The van der Waals surface area contributed by atoms with E-state index in [1.807, 2.05) is 24.3 Å². The number of carbonyl (C=O) groups excluding carboxylic acids is 3. The number of imide groups is 1. The molecule has 29 heavy (non-hydrogen) atoms. The fraction of sp³-hybridized carbons (Fsp3) is 0.286. The zero-order valence-corrected chi connectivity index (χ0v) is 15.8. The Bertz CT molecular complexity index is 989. The third-order valence-electron chi connectivity index (χ3n) is 5.12.